The molecular formula is C22H21F5N6O3. The number of piperidine rings is 1. The standard InChI is InChI=1S/C22H21F5N6O3/c1-10-3-13-7-21(6-10,19(35)32-31-11(2)34)33(13)20(36)30-17-4-14(18-28-8-12(23)9-29-18)15(5-16(17)24)22(25,26)27/h4-5,8-10,13H,3,6-7H2,1-2H3,(H,30,36)(H,31,34)(H,32,35). The Morgan fingerprint density at radius 3 is 2.36 bits per heavy atom. The topological polar surface area (TPSA) is 116 Å². The summed E-state index contributed by atoms with van der Waals surface area (Å²) < 4.78 is 68.7. The number of likely N-dealkylation sites (tertiary alicyclic amines) is 1. The molecule has 2 aromatic rings. The van der Waals surface area contributed by atoms with Crippen molar-refractivity contribution in [2.45, 2.75) is 50.9 Å². The van der Waals surface area contributed by atoms with E-state index in [2.05, 4.69) is 26.1 Å². The minimum Gasteiger partial charge on any atom is -0.307 e. The fraction of sp³-hybridized carbons (Fsp3) is 0.409. The van der Waals surface area contributed by atoms with Gasteiger partial charge in [0.25, 0.3) is 5.91 Å². The molecule has 1 saturated carbocycles. The van der Waals surface area contributed by atoms with Crippen LogP contribution in [0.15, 0.2) is 24.5 Å². The number of hydrazine groups is 1. The molecule has 2 aliphatic rings. The van der Waals surface area contributed by atoms with Crippen LogP contribution in [0.4, 0.5) is 32.4 Å². The van der Waals surface area contributed by atoms with Gasteiger partial charge in [-0.1, -0.05) is 6.92 Å². The van der Waals surface area contributed by atoms with E-state index in [1.807, 2.05) is 6.92 Å². The molecule has 1 aliphatic heterocycles. The molecule has 9 nitrogen and oxygen atoms in total. The molecular weight excluding hydrogens is 491 g/mol. The van der Waals surface area contributed by atoms with E-state index in [-0.39, 0.29) is 24.4 Å². The fourth-order valence-corrected chi connectivity index (χ4v) is 4.94. The normalized spacial score (nSPS) is 22.9. The van der Waals surface area contributed by atoms with E-state index in [1.54, 1.807) is 0 Å². The van der Waals surface area contributed by atoms with E-state index in [1.165, 1.54) is 11.8 Å². The first-order valence-electron chi connectivity index (χ1n) is 10.9. The van der Waals surface area contributed by atoms with Gasteiger partial charge in [0.1, 0.15) is 11.4 Å². The number of alkyl halides is 3. The summed E-state index contributed by atoms with van der Waals surface area (Å²) in [5.41, 5.74) is 0.428. The third-order valence-electron chi connectivity index (χ3n) is 6.27. The maximum Gasteiger partial charge on any atom is 0.417 e. The maximum atomic E-state index is 14.7. The lowest BCUT2D eigenvalue weighted by Crippen LogP contribution is -2.78. The van der Waals surface area contributed by atoms with Crippen LogP contribution < -0.4 is 16.2 Å². The van der Waals surface area contributed by atoms with Crippen molar-refractivity contribution >= 4 is 23.5 Å². The number of nitrogens with one attached hydrogen (secondary N) is 3. The van der Waals surface area contributed by atoms with Gasteiger partial charge in [-0.2, -0.15) is 13.2 Å². The van der Waals surface area contributed by atoms with E-state index >= 15 is 0 Å². The van der Waals surface area contributed by atoms with Crippen molar-refractivity contribution in [3.63, 3.8) is 0 Å². The second-order valence-electron chi connectivity index (χ2n) is 8.97. The second-order valence-corrected chi connectivity index (χ2v) is 8.97. The summed E-state index contributed by atoms with van der Waals surface area (Å²) in [5, 5.41) is 2.25. The molecule has 4 amide bonds. The number of hydrogen-bond donors (Lipinski definition) is 3. The first kappa shape index (κ1) is 25.3. The van der Waals surface area contributed by atoms with Gasteiger partial charge in [-0.25, -0.2) is 23.5 Å². The number of carbonyl (C=O) groups is 3. The largest absolute Gasteiger partial charge is 0.417 e. The van der Waals surface area contributed by atoms with E-state index < -0.39 is 63.8 Å². The van der Waals surface area contributed by atoms with Gasteiger partial charge in [0, 0.05) is 24.9 Å². The summed E-state index contributed by atoms with van der Waals surface area (Å²) in [6.45, 7) is 3.08. The highest BCUT2D eigenvalue weighted by molar-refractivity contribution is 5.99. The zero-order valence-corrected chi connectivity index (χ0v) is 19.0. The van der Waals surface area contributed by atoms with Gasteiger partial charge in [0.15, 0.2) is 11.6 Å². The lowest BCUT2D eigenvalue weighted by Gasteiger charge is -2.61. The Hall–Kier alpha value is -3.84. The molecule has 1 aliphatic carbocycles. The molecule has 3 N–H and O–H groups in total. The van der Waals surface area contributed by atoms with Gasteiger partial charge in [-0.15, -0.1) is 0 Å². The molecule has 1 aromatic heterocycles. The van der Waals surface area contributed by atoms with E-state index in [0.29, 0.717) is 31.3 Å². The Bertz CT molecular complexity index is 1220. The number of nitrogens with zero attached hydrogens (tertiary/aromatic N) is 3. The first-order valence-corrected chi connectivity index (χ1v) is 10.9. The van der Waals surface area contributed by atoms with E-state index in [4.69, 9.17) is 0 Å². The highest BCUT2D eigenvalue weighted by Crippen LogP contribution is 2.50. The smallest absolute Gasteiger partial charge is 0.307 e. The Kier molecular flexibility index (Phi) is 6.31. The van der Waals surface area contributed by atoms with Gasteiger partial charge >= 0.3 is 12.2 Å². The monoisotopic (exact) mass is 512 g/mol. The number of fused-ring (bicyclic) bond motifs is 2. The van der Waals surface area contributed by atoms with Gasteiger partial charge in [0.05, 0.1) is 23.6 Å². The van der Waals surface area contributed by atoms with Crippen LogP contribution in [0.5, 0.6) is 0 Å². The molecule has 2 fully saturated rings. The summed E-state index contributed by atoms with van der Waals surface area (Å²) in [5.74, 6) is -3.88. The van der Waals surface area contributed by atoms with Gasteiger partial charge in [0.2, 0.25) is 5.91 Å². The average Bonchev–Trinajstić information content (AvgIpc) is 2.77. The Morgan fingerprint density at radius 1 is 1.08 bits per heavy atom. The minimum absolute atomic E-state index is 0.0703. The number of hydrogen-bond acceptors (Lipinski definition) is 5. The highest BCUT2D eigenvalue weighted by Gasteiger charge is 2.62. The molecule has 0 radical (unpaired) electrons. The molecule has 0 spiro atoms. The highest BCUT2D eigenvalue weighted by atomic mass is 19.4. The maximum absolute atomic E-state index is 14.7. The van der Waals surface area contributed by atoms with Crippen LogP contribution in [0.3, 0.4) is 0 Å². The Morgan fingerprint density at radius 2 is 1.75 bits per heavy atom. The summed E-state index contributed by atoms with van der Waals surface area (Å²) in [4.78, 5) is 45.5. The number of benzene rings is 1. The predicted octanol–water partition coefficient (Wildman–Crippen LogP) is 3.38. The number of amides is 4. The molecule has 192 valence electrons. The van der Waals surface area contributed by atoms with E-state index in [0.717, 1.165) is 0 Å². The lowest BCUT2D eigenvalue weighted by molar-refractivity contribution is -0.157. The molecule has 1 aromatic carbocycles. The van der Waals surface area contributed by atoms with Crippen LogP contribution in [-0.4, -0.2) is 44.3 Å². The van der Waals surface area contributed by atoms with Crippen LogP contribution in [-0.2, 0) is 15.8 Å². The molecule has 14 heteroatoms. The number of carbonyl (C=O) groups excluding carboxylic acids is 3. The Labute approximate surface area is 201 Å². The van der Waals surface area contributed by atoms with Crippen molar-refractivity contribution in [1.82, 2.24) is 25.7 Å². The SMILES string of the molecule is CC(=O)NNC(=O)C12CC(C)CC(C1)N2C(=O)Nc1cc(-c2ncc(F)cn2)c(C(F)(F)F)cc1F. The van der Waals surface area contributed by atoms with Gasteiger partial charge in [-0.3, -0.25) is 20.4 Å². The minimum atomic E-state index is -4.99. The van der Waals surface area contributed by atoms with Gasteiger partial charge in [-0.05, 0) is 30.9 Å². The first-order chi connectivity index (χ1) is 16.8. The second kappa shape index (κ2) is 8.99. The lowest BCUT2D eigenvalue weighted by atomic mass is 9.64. The Balaban J connectivity index is 1.66. The summed E-state index contributed by atoms with van der Waals surface area (Å²) in [6, 6.07) is -0.364. The number of halogens is 5. The van der Waals surface area contributed by atoms with Crippen molar-refractivity contribution in [2.24, 2.45) is 5.92 Å². The van der Waals surface area contributed by atoms with E-state index in [9.17, 15) is 36.3 Å². The summed E-state index contributed by atoms with van der Waals surface area (Å²) >= 11 is 0. The summed E-state index contributed by atoms with van der Waals surface area (Å²) in [6.07, 6.45) is -2.54. The number of aromatic nitrogens is 2. The van der Waals surface area contributed by atoms with Crippen LogP contribution in [0.2, 0.25) is 0 Å². The number of rotatable bonds is 3. The molecule has 1 saturated heterocycles. The summed E-state index contributed by atoms with van der Waals surface area (Å²) in [7, 11) is 0. The van der Waals surface area contributed by atoms with Crippen molar-refractivity contribution in [3.05, 3.63) is 41.7 Å². The molecule has 36 heavy (non-hydrogen) atoms. The third-order valence-corrected chi connectivity index (χ3v) is 6.27. The molecule has 3 atom stereocenters. The quantitative estimate of drug-likeness (QED) is 0.431. The number of urea groups is 1. The van der Waals surface area contributed by atoms with Crippen LogP contribution in [0, 0.1) is 17.6 Å². The van der Waals surface area contributed by atoms with Gasteiger partial charge < -0.3 is 10.2 Å². The molecule has 3 unspecified atom stereocenters. The zero-order chi connectivity index (χ0) is 26.4. The molecule has 2 heterocycles. The third kappa shape index (κ3) is 4.54. The van der Waals surface area contributed by atoms with Crippen LogP contribution in [0.1, 0.15) is 38.7 Å². The fourth-order valence-electron chi connectivity index (χ4n) is 4.94. The predicted molar refractivity (Wildman–Crippen MR) is 115 cm³/mol. The van der Waals surface area contributed by atoms with Crippen molar-refractivity contribution < 1.29 is 36.3 Å². The van der Waals surface area contributed by atoms with Crippen LogP contribution >= 0.6 is 0 Å². The van der Waals surface area contributed by atoms with Crippen molar-refractivity contribution in [3.8, 4) is 11.4 Å². The number of anilines is 1. The molecule has 4 rings (SSSR count). The molecule has 2 bridgehead atoms. The van der Waals surface area contributed by atoms with Crippen LogP contribution in [0.25, 0.3) is 11.4 Å². The van der Waals surface area contributed by atoms with Crippen molar-refractivity contribution in [1.29, 1.82) is 0 Å². The zero-order valence-electron chi connectivity index (χ0n) is 19.0. The van der Waals surface area contributed by atoms with Crippen molar-refractivity contribution in [2.75, 3.05) is 5.32 Å². The average molecular weight is 512 g/mol.